The lowest BCUT2D eigenvalue weighted by atomic mass is 10.3. The Labute approximate surface area is 135 Å². The molecule has 6 heteroatoms. The third-order valence-corrected chi connectivity index (χ3v) is 4.06. The Morgan fingerprint density at radius 3 is 2.85 bits per heavy atom. The number of alkyl halides is 1. The molecule has 1 unspecified atom stereocenters. The van der Waals surface area contributed by atoms with Crippen LogP contribution >= 0.6 is 34.2 Å². The molecule has 20 heavy (non-hydrogen) atoms. The van der Waals surface area contributed by atoms with Gasteiger partial charge in [-0.3, -0.25) is 4.68 Å². The summed E-state index contributed by atoms with van der Waals surface area (Å²) in [5.74, 6) is 0.896. The predicted molar refractivity (Wildman–Crippen MR) is 89.0 cm³/mol. The molecule has 0 radical (unpaired) electrons. The van der Waals surface area contributed by atoms with Crippen molar-refractivity contribution in [2.45, 2.75) is 18.8 Å². The van der Waals surface area contributed by atoms with Gasteiger partial charge in [-0.25, -0.2) is 4.98 Å². The van der Waals surface area contributed by atoms with Gasteiger partial charge in [0.1, 0.15) is 5.82 Å². The van der Waals surface area contributed by atoms with Gasteiger partial charge >= 0.3 is 0 Å². The molecule has 2 aromatic heterocycles. The molecule has 0 N–H and O–H groups in total. The highest BCUT2D eigenvalue weighted by atomic mass is 127. The number of hydrogen-bond acceptors (Lipinski definition) is 2. The summed E-state index contributed by atoms with van der Waals surface area (Å²) in [6, 6.07) is 6.27. The zero-order valence-electron chi connectivity index (χ0n) is 11.2. The Morgan fingerprint density at radius 2 is 2.20 bits per heavy atom. The third-order valence-electron chi connectivity index (χ3n) is 3.19. The molecular formula is C14H14ClIN4. The first-order chi connectivity index (χ1) is 9.54. The van der Waals surface area contributed by atoms with Gasteiger partial charge in [-0.05, 0) is 47.7 Å². The Bertz CT molecular complexity index is 760. The molecule has 0 aliphatic rings. The van der Waals surface area contributed by atoms with Crippen LogP contribution in [0.25, 0.3) is 11.0 Å². The molecule has 0 saturated heterocycles. The molecule has 3 aromatic rings. The van der Waals surface area contributed by atoms with E-state index in [1.54, 1.807) is 4.68 Å². The van der Waals surface area contributed by atoms with Crippen LogP contribution in [0.15, 0.2) is 30.6 Å². The molecule has 4 nitrogen and oxygen atoms in total. The van der Waals surface area contributed by atoms with E-state index in [4.69, 9.17) is 11.6 Å². The van der Waals surface area contributed by atoms with Crippen LogP contribution in [-0.2, 0) is 13.6 Å². The molecule has 0 aliphatic carbocycles. The van der Waals surface area contributed by atoms with E-state index in [0.29, 0.717) is 0 Å². The molecule has 0 aliphatic heterocycles. The average molecular weight is 401 g/mol. The van der Waals surface area contributed by atoms with Crippen LogP contribution in [0, 0.1) is 3.57 Å². The monoisotopic (exact) mass is 400 g/mol. The van der Waals surface area contributed by atoms with E-state index in [2.05, 4.69) is 55.4 Å². The van der Waals surface area contributed by atoms with Crippen molar-refractivity contribution < 1.29 is 0 Å². The lowest BCUT2D eigenvalue weighted by Crippen LogP contribution is -2.05. The van der Waals surface area contributed by atoms with E-state index < -0.39 is 0 Å². The average Bonchev–Trinajstić information content (AvgIpc) is 2.94. The van der Waals surface area contributed by atoms with Crippen molar-refractivity contribution in [1.82, 2.24) is 19.3 Å². The molecule has 1 aromatic carbocycles. The molecule has 104 valence electrons. The summed E-state index contributed by atoms with van der Waals surface area (Å²) in [7, 11) is 1.92. The lowest BCUT2D eigenvalue weighted by Gasteiger charge is -2.09. The van der Waals surface area contributed by atoms with Crippen molar-refractivity contribution in [2.24, 2.45) is 7.05 Å². The molecule has 0 spiro atoms. The number of halogens is 2. The minimum atomic E-state index is -0.128. The Kier molecular flexibility index (Phi) is 3.72. The largest absolute Gasteiger partial charge is 0.322 e. The smallest absolute Gasteiger partial charge is 0.128 e. The van der Waals surface area contributed by atoms with Crippen LogP contribution in [0.1, 0.15) is 23.7 Å². The van der Waals surface area contributed by atoms with Crippen molar-refractivity contribution in [1.29, 1.82) is 0 Å². The second-order valence-electron chi connectivity index (χ2n) is 4.83. The van der Waals surface area contributed by atoms with Gasteiger partial charge < -0.3 is 4.57 Å². The second-order valence-corrected chi connectivity index (χ2v) is 6.73. The van der Waals surface area contributed by atoms with Crippen LogP contribution in [-0.4, -0.2) is 19.3 Å². The summed E-state index contributed by atoms with van der Waals surface area (Å²) in [6.07, 6.45) is 3.89. The minimum absolute atomic E-state index is 0.128. The molecule has 0 bridgehead atoms. The molecule has 1 atom stereocenters. The Morgan fingerprint density at radius 1 is 1.40 bits per heavy atom. The summed E-state index contributed by atoms with van der Waals surface area (Å²) in [5.41, 5.74) is 3.24. The van der Waals surface area contributed by atoms with E-state index >= 15 is 0 Å². The van der Waals surface area contributed by atoms with Gasteiger partial charge in [0.05, 0.1) is 29.2 Å². The van der Waals surface area contributed by atoms with Gasteiger partial charge in [0.15, 0.2) is 0 Å². The van der Waals surface area contributed by atoms with Crippen LogP contribution < -0.4 is 0 Å². The van der Waals surface area contributed by atoms with Gasteiger partial charge in [0.25, 0.3) is 0 Å². The molecule has 0 amide bonds. The van der Waals surface area contributed by atoms with E-state index in [-0.39, 0.29) is 5.38 Å². The maximum absolute atomic E-state index is 6.28. The van der Waals surface area contributed by atoms with Crippen LogP contribution in [0.4, 0.5) is 0 Å². The topological polar surface area (TPSA) is 35.6 Å². The minimum Gasteiger partial charge on any atom is -0.322 e. The van der Waals surface area contributed by atoms with Crippen molar-refractivity contribution in [2.75, 3.05) is 0 Å². The highest BCUT2D eigenvalue weighted by molar-refractivity contribution is 14.1. The summed E-state index contributed by atoms with van der Waals surface area (Å²) < 4.78 is 5.15. The maximum Gasteiger partial charge on any atom is 0.128 e. The number of rotatable bonds is 3. The first kappa shape index (κ1) is 13.9. The zero-order chi connectivity index (χ0) is 14.3. The number of benzene rings is 1. The molecule has 0 saturated carbocycles. The van der Waals surface area contributed by atoms with E-state index in [1.807, 2.05) is 26.4 Å². The molecular weight excluding hydrogens is 387 g/mol. The molecule has 0 fully saturated rings. The first-order valence-electron chi connectivity index (χ1n) is 6.32. The summed E-state index contributed by atoms with van der Waals surface area (Å²) in [6.45, 7) is 2.69. The van der Waals surface area contributed by atoms with E-state index in [9.17, 15) is 0 Å². The van der Waals surface area contributed by atoms with Gasteiger partial charge in [0, 0.05) is 22.4 Å². The van der Waals surface area contributed by atoms with E-state index in [1.165, 1.54) is 3.57 Å². The van der Waals surface area contributed by atoms with Gasteiger partial charge in [-0.2, -0.15) is 5.10 Å². The van der Waals surface area contributed by atoms with Crippen LogP contribution in [0.3, 0.4) is 0 Å². The second kappa shape index (κ2) is 5.37. The fourth-order valence-corrected chi connectivity index (χ4v) is 2.97. The van der Waals surface area contributed by atoms with Crippen LogP contribution in [0.5, 0.6) is 0 Å². The maximum atomic E-state index is 6.28. The quantitative estimate of drug-likeness (QED) is 0.496. The van der Waals surface area contributed by atoms with Gasteiger partial charge in [0.2, 0.25) is 0 Å². The summed E-state index contributed by atoms with van der Waals surface area (Å²) in [5, 5.41) is 4.09. The molecule has 2 heterocycles. The summed E-state index contributed by atoms with van der Waals surface area (Å²) in [4.78, 5) is 4.67. The molecule has 3 rings (SSSR count). The zero-order valence-corrected chi connectivity index (χ0v) is 14.1. The van der Waals surface area contributed by atoms with Crippen molar-refractivity contribution in [3.05, 3.63) is 45.6 Å². The third kappa shape index (κ3) is 2.56. The van der Waals surface area contributed by atoms with Crippen molar-refractivity contribution >= 4 is 45.2 Å². The summed E-state index contributed by atoms with van der Waals surface area (Å²) >= 11 is 8.58. The highest BCUT2D eigenvalue weighted by Crippen LogP contribution is 2.26. The standard InChI is InChI=1S/C14H14ClIN4/c1-9(15)14-18-12-5-11(16)3-4-13(12)20(14)8-10-6-17-19(2)7-10/h3-7,9H,8H2,1-2H3. The number of nitrogens with zero attached hydrogens (tertiary/aromatic N) is 4. The number of fused-ring (bicyclic) bond motifs is 1. The van der Waals surface area contributed by atoms with Gasteiger partial charge in [-0.15, -0.1) is 11.6 Å². The fraction of sp³-hybridized carbons (Fsp3) is 0.286. The SMILES string of the molecule is CC(Cl)c1nc2cc(I)ccc2n1Cc1cnn(C)c1. The highest BCUT2D eigenvalue weighted by Gasteiger charge is 2.15. The van der Waals surface area contributed by atoms with Gasteiger partial charge in [-0.1, -0.05) is 0 Å². The number of aryl methyl sites for hydroxylation is 1. The predicted octanol–water partition coefficient (Wildman–Crippen LogP) is 3.72. The van der Waals surface area contributed by atoms with Crippen molar-refractivity contribution in [3.63, 3.8) is 0 Å². The Balaban J connectivity index is 2.13. The normalized spacial score (nSPS) is 13.0. The lowest BCUT2D eigenvalue weighted by molar-refractivity contribution is 0.738. The number of aromatic nitrogens is 4. The fourth-order valence-electron chi connectivity index (χ4n) is 2.33. The first-order valence-corrected chi connectivity index (χ1v) is 7.83. The number of hydrogen-bond donors (Lipinski definition) is 0. The Hall–Kier alpha value is -1.08. The van der Waals surface area contributed by atoms with Crippen molar-refractivity contribution in [3.8, 4) is 0 Å². The van der Waals surface area contributed by atoms with Crippen LogP contribution in [0.2, 0.25) is 0 Å². The van der Waals surface area contributed by atoms with E-state index in [0.717, 1.165) is 29.0 Å². The number of imidazole rings is 1.